The third kappa shape index (κ3) is 3.43. The fourth-order valence-electron chi connectivity index (χ4n) is 3.41. The molecule has 0 saturated carbocycles. The molecule has 3 heteroatoms. The zero-order valence-electron chi connectivity index (χ0n) is 14.6. The molecule has 1 aromatic carbocycles. The number of fused-ring (bicyclic) bond motifs is 1. The molecule has 0 bridgehead atoms. The Hall–Kier alpha value is -2.34. The Labute approximate surface area is 144 Å². The van der Waals surface area contributed by atoms with Gasteiger partial charge < -0.3 is 5.32 Å². The summed E-state index contributed by atoms with van der Waals surface area (Å²) in [5.41, 5.74) is 6.27. The van der Waals surface area contributed by atoms with E-state index in [9.17, 15) is 5.26 Å². The van der Waals surface area contributed by atoms with Gasteiger partial charge in [0.1, 0.15) is 6.07 Å². The van der Waals surface area contributed by atoms with Crippen LogP contribution in [-0.4, -0.2) is 11.5 Å². The lowest BCUT2D eigenvalue weighted by Crippen LogP contribution is -2.15. The van der Waals surface area contributed by atoms with E-state index >= 15 is 0 Å². The Morgan fingerprint density at radius 2 is 1.83 bits per heavy atom. The van der Waals surface area contributed by atoms with Crippen LogP contribution < -0.4 is 5.32 Å². The first-order valence-corrected chi connectivity index (χ1v) is 8.96. The van der Waals surface area contributed by atoms with Crippen LogP contribution in [0.5, 0.6) is 0 Å². The maximum absolute atomic E-state index is 9.65. The molecule has 3 nitrogen and oxygen atoms in total. The smallest absolute Gasteiger partial charge is 0.164 e. The summed E-state index contributed by atoms with van der Waals surface area (Å²) in [6.45, 7) is 5.34. The van der Waals surface area contributed by atoms with Gasteiger partial charge in [0.25, 0.3) is 0 Å². The molecule has 0 spiro atoms. The fourth-order valence-corrected chi connectivity index (χ4v) is 3.41. The van der Waals surface area contributed by atoms with Crippen LogP contribution in [0.2, 0.25) is 0 Å². The summed E-state index contributed by atoms with van der Waals surface area (Å²) in [6.07, 6.45) is 5.58. The lowest BCUT2D eigenvalue weighted by atomic mass is 9.87. The minimum atomic E-state index is 0.540. The maximum Gasteiger partial charge on any atom is 0.164 e. The van der Waals surface area contributed by atoms with Gasteiger partial charge in [0.2, 0.25) is 0 Å². The molecule has 0 amide bonds. The van der Waals surface area contributed by atoms with Crippen molar-refractivity contribution in [2.75, 3.05) is 11.9 Å². The van der Waals surface area contributed by atoms with Crippen LogP contribution in [0.15, 0.2) is 30.3 Å². The predicted molar refractivity (Wildman–Crippen MR) is 99.0 cm³/mol. The van der Waals surface area contributed by atoms with E-state index in [4.69, 9.17) is 4.98 Å². The Morgan fingerprint density at radius 1 is 1.12 bits per heavy atom. The van der Waals surface area contributed by atoms with Gasteiger partial charge in [-0.05, 0) is 49.1 Å². The molecule has 0 fully saturated rings. The third-order valence-electron chi connectivity index (χ3n) is 4.69. The van der Waals surface area contributed by atoms with Crippen molar-refractivity contribution in [3.8, 4) is 17.3 Å². The number of benzene rings is 1. The number of nitrogens with one attached hydrogen (secondary N) is 1. The molecule has 2 aromatic rings. The topological polar surface area (TPSA) is 48.7 Å². The van der Waals surface area contributed by atoms with Crippen molar-refractivity contribution in [3.63, 3.8) is 0 Å². The van der Waals surface area contributed by atoms with Crippen molar-refractivity contribution >= 4 is 5.69 Å². The van der Waals surface area contributed by atoms with Gasteiger partial charge in [-0.15, -0.1) is 0 Å². The fraction of sp³-hybridized carbons (Fsp3) is 0.429. The van der Waals surface area contributed by atoms with Crippen LogP contribution in [0, 0.1) is 17.2 Å². The molecule has 0 unspecified atom stereocenters. The largest absolute Gasteiger partial charge is 0.382 e. The molecule has 3 rings (SSSR count). The summed E-state index contributed by atoms with van der Waals surface area (Å²) in [5.74, 6) is 0.649. The van der Waals surface area contributed by atoms with Crippen molar-refractivity contribution in [1.29, 1.82) is 5.26 Å². The molecule has 1 aromatic heterocycles. The van der Waals surface area contributed by atoms with Gasteiger partial charge in [-0.3, -0.25) is 0 Å². The zero-order chi connectivity index (χ0) is 16.9. The van der Waals surface area contributed by atoms with E-state index in [-0.39, 0.29) is 0 Å². The highest BCUT2D eigenvalue weighted by Gasteiger charge is 2.22. The molecule has 1 heterocycles. The molecule has 1 aliphatic carbocycles. The monoisotopic (exact) mass is 319 g/mol. The SMILES string of the molecule is CC(C)CCNc1c(C#N)nc(-c2ccccc2)c2c1CCCC2. The number of nitriles is 1. The third-order valence-corrected chi connectivity index (χ3v) is 4.69. The lowest BCUT2D eigenvalue weighted by molar-refractivity contribution is 0.606. The number of pyridine rings is 1. The molecule has 124 valence electrons. The Bertz CT molecular complexity index is 742. The number of rotatable bonds is 5. The molecular formula is C21H25N3. The van der Waals surface area contributed by atoms with Gasteiger partial charge in [0.15, 0.2) is 5.69 Å². The van der Waals surface area contributed by atoms with Crippen LogP contribution in [0.4, 0.5) is 5.69 Å². The van der Waals surface area contributed by atoms with E-state index in [1.807, 2.05) is 18.2 Å². The van der Waals surface area contributed by atoms with Crippen LogP contribution in [-0.2, 0) is 12.8 Å². The number of aromatic nitrogens is 1. The van der Waals surface area contributed by atoms with Crippen LogP contribution in [0.25, 0.3) is 11.3 Å². The van der Waals surface area contributed by atoms with Gasteiger partial charge in [0.05, 0.1) is 11.4 Å². The first kappa shape index (κ1) is 16.5. The average molecular weight is 319 g/mol. The minimum absolute atomic E-state index is 0.540. The second-order valence-electron chi connectivity index (χ2n) is 6.94. The Balaban J connectivity index is 2.06. The molecule has 0 atom stereocenters. The van der Waals surface area contributed by atoms with Crippen LogP contribution in [0.3, 0.4) is 0 Å². The molecule has 24 heavy (non-hydrogen) atoms. The van der Waals surface area contributed by atoms with Crippen molar-refractivity contribution in [2.45, 2.75) is 46.0 Å². The Kier molecular flexibility index (Phi) is 5.15. The lowest BCUT2D eigenvalue weighted by Gasteiger charge is -2.24. The summed E-state index contributed by atoms with van der Waals surface area (Å²) in [4.78, 5) is 4.75. The summed E-state index contributed by atoms with van der Waals surface area (Å²) in [7, 11) is 0. The zero-order valence-corrected chi connectivity index (χ0v) is 14.6. The first-order valence-electron chi connectivity index (χ1n) is 8.96. The highest BCUT2D eigenvalue weighted by atomic mass is 14.9. The van der Waals surface area contributed by atoms with E-state index in [1.165, 1.54) is 24.0 Å². The number of hydrogen-bond acceptors (Lipinski definition) is 3. The number of anilines is 1. The molecule has 1 aliphatic rings. The van der Waals surface area contributed by atoms with E-state index < -0.39 is 0 Å². The highest BCUT2D eigenvalue weighted by molar-refractivity contribution is 5.73. The van der Waals surface area contributed by atoms with E-state index in [0.29, 0.717) is 11.6 Å². The number of nitrogens with zero attached hydrogens (tertiary/aromatic N) is 2. The quantitative estimate of drug-likeness (QED) is 0.847. The van der Waals surface area contributed by atoms with Gasteiger partial charge in [-0.25, -0.2) is 4.98 Å². The van der Waals surface area contributed by atoms with E-state index in [1.54, 1.807) is 0 Å². The summed E-state index contributed by atoms with van der Waals surface area (Å²) >= 11 is 0. The van der Waals surface area contributed by atoms with Gasteiger partial charge in [-0.1, -0.05) is 44.2 Å². The van der Waals surface area contributed by atoms with Gasteiger partial charge >= 0.3 is 0 Å². The van der Waals surface area contributed by atoms with E-state index in [0.717, 1.165) is 42.8 Å². The number of hydrogen-bond donors (Lipinski definition) is 1. The Morgan fingerprint density at radius 3 is 2.50 bits per heavy atom. The summed E-state index contributed by atoms with van der Waals surface area (Å²) < 4.78 is 0. The van der Waals surface area contributed by atoms with Crippen molar-refractivity contribution in [1.82, 2.24) is 4.98 Å². The summed E-state index contributed by atoms with van der Waals surface area (Å²) in [6, 6.07) is 12.6. The second-order valence-corrected chi connectivity index (χ2v) is 6.94. The predicted octanol–water partition coefficient (Wildman–Crippen LogP) is 4.96. The second kappa shape index (κ2) is 7.49. The van der Waals surface area contributed by atoms with Crippen molar-refractivity contribution < 1.29 is 0 Å². The van der Waals surface area contributed by atoms with Crippen LogP contribution in [0.1, 0.15) is 49.9 Å². The van der Waals surface area contributed by atoms with E-state index in [2.05, 4.69) is 37.4 Å². The van der Waals surface area contributed by atoms with Gasteiger partial charge in [0, 0.05) is 12.1 Å². The highest BCUT2D eigenvalue weighted by Crippen LogP contribution is 2.36. The molecular weight excluding hydrogens is 294 g/mol. The van der Waals surface area contributed by atoms with Crippen molar-refractivity contribution in [3.05, 3.63) is 47.2 Å². The molecule has 1 N–H and O–H groups in total. The molecule has 0 radical (unpaired) electrons. The van der Waals surface area contributed by atoms with Crippen molar-refractivity contribution in [2.24, 2.45) is 5.92 Å². The normalized spacial score (nSPS) is 13.4. The standard InChI is InChI=1S/C21H25N3/c1-15(2)12-13-23-21-18-11-7-6-10-17(18)20(24-19(21)14-22)16-8-4-3-5-9-16/h3-5,8-9,15,23H,6-7,10-13H2,1-2H3. The van der Waals surface area contributed by atoms with Gasteiger partial charge in [-0.2, -0.15) is 5.26 Å². The summed E-state index contributed by atoms with van der Waals surface area (Å²) in [5, 5.41) is 13.2. The molecule has 0 aliphatic heterocycles. The molecule has 0 saturated heterocycles. The van der Waals surface area contributed by atoms with Crippen LogP contribution >= 0.6 is 0 Å². The minimum Gasteiger partial charge on any atom is -0.382 e. The average Bonchev–Trinajstić information content (AvgIpc) is 2.62. The first-order chi connectivity index (χ1) is 11.7. The maximum atomic E-state index is 9.65.